The van der Waals surface area contributed by atoms with E-state index in [1.54, 1.807) is 0 Å². The number of nitrogens with two attached hydrogens (primary N) is 1. The van der Waals surface area contributed by atoms with E-state index in [2.05, 4.69) is 0 Å². The lowest BCUT2D eigenvalue weighted by Gasteiger charge is -2.43. The second kappa shape index (κ2) is 4.06. The van der Waals surface area contributed by atoms with Crippen molar-refractivity contribution < 1.29 is 17.9 Å². The maximum Gasteiger partial charge on any atom is 0.414 e. The molecule has 5 heteroatoms. The van der Waals surface area contributed by atoms with E-state index in [4.69, 9.17) is 10.5 Å². The highest BCUT2D eigenvalue weighted by atomic mass is 19.4. The van der Waals surface area contributed by atoms with Crippen LogP contribution in [0.15, 0.2) is 0 Å². The standard InChI is InChI=1S/C9H16F3NO/c1-7(9(10,11)12)14-8(5-6-13)3-2-4-8/h7H,2-6,13H2,1H3. The lowest BCUT2D eigenvalue weighted by atomic mass is 9.77. The minimum atomic E-state index is -4.27. The van der Waals surface area contributed by atoms with E-state index in [0.717, 1.165) is 13.3 Å². The number of ether oxygens (including phenoxy) is 1. The first-order chi connectivity index (χ1) is 6.40. The number of halogens is 3. The zero-order chi connectivity index (χ0) is 10.8. The molecule has 0 amide bonds. The molecule has 2 N–H and O–H groups in total. The van der Waals surface area contributed by atoms with Crippen LogP contribution in [0.1, 0.15) is 32.6 Å². The van der Waals surface area contributed by atoms with E-state index in [1.165, 1.54) is 0 Å². The predicted molar refractivity (Wildman–Crippen MR) is 46.9 cm³/mol. The van der Waals surface area contributed by atoms with Crippen LogP contribution in [0.5, 0.6) is 0 Å². The van der Waals surface area contributed by atoms with Gasteiger partial charge in [0.05, 0.1) is 5.60 Å². The van der Waals surface area contributed by atoms with Gasteiger partial charge in [-0.1, -0.05) is 0 Å². The van der Waals surface area contributed by atoms with Gasteiger partial charge < -0.3 is 10.5 Å². The van der Waals surface area contributed by atoms with Gasteiger partial charge in [0.25, 0.3) is 0 Å². The molecule has 1 aliphatic rings. The molecule has 0 heterocycles. The van der Waals surface area contributed by atoms with E-state index >= 15 is 0 Å². The first-order valence-electron chi connectivity index (χ1n) is 4.84. The van der Waals surface area contributed by atoms with Crippen molar-refractivity contribution in [3.8, 4) is 0 Å². The van der Waals surface area contributed by atoms with Gasteiger partial charge in [0.2, 0.25) is 0 Å². The molecular formula is C9H16F3NO. The van der Waals surface area contributed by atoms with Gasteiger partial charge in [-0.15, -0.1) is 0 Å². The molecule has 1 fully saturated rings. The molecule has 1 saturated carbocycles. The fourth-order valence-electron chi connectivity index (χ4n) is 1.70. The second-order valence-corrected chi connectivity index (χ2v) is 3.88. The average Bonchev–Trinajstić information content (AvgIpc) is 1.98. The molecule has 14 heavy (non-hydrogen) atoms. The molecule has 0 aliphatic heterocycles. The van der Waals surface area contributed by atoms with Crippen molar-refractivity contribution in [1.82, 2.24) is 0 Å². The molecule has 0 aromatic heterocycles. The van der Waals surface area contributed by atoms with Gasteiger partial charge in [-0.2, -0.15) is 13.2 Å². The molecule has 0 aromatic carbocycles. The summed E-state index contributed by atoms with van der Waals surface area (Å²) in [7, 11) is 0. The third-order valence-corrected chi connectivity index (χ3v) is 2.75. The Hall–Kier alpha value is -0.290. The summed E-state index contributed by atoms with van der Waals surface area (Å²) >= 11 is 0. The lowest BCUT2D eigenvalue weighted by molar-refractivity contribution is -0.261. The Bertz CT molecular complexity index is 189. The predicted octanol–water partition coefficient (Wildman–Crippen LogP) is 2.23. The van der Waals surface area contributed by atoms with E-state index < -0.39 is 17.9 Å². The molecule has 1 aliphatic carbocycles. The molecule has 0 saturated heterocycles. The summed E-state index contributed by atoms with van der Waals surface area (Å²) < 4.78 is 41.7. The first kappa shape index (κ1) is 11.8. The average molecular weight is 211 g/mol. The van der Waals surface area contributed by atoms with Crippen LogP contribution in [0.25, 0.3) is 0 Å². The van der Waals surface area contributed by atoms with Crippen LogP contribution < -0.4 is 5.73 Å². The largest absolute Gasteiger partial charge is 0.414 e. The highest BCUT2D eigenvalue weighted by Gasteiger charge is 2.45. The third kappa shape index (κ3) is 2.60. The highest BCUT2D eigenvalue weighted by Crippen LogP contribution is 2.41. The number of hydrogen-bond donors (Lipinski definition) is 1. The molecule has 0 radical (unpaired) electrons. The van der Waals surface area contributed by atoms with E-state index in [0.29, 0.717) is 25.8 Å². The Morgan fingerprint density at radius 3 is 2.29 bits per heavy atom. The smallest absolute Gasteiger partial charge is 0.363 e. The molecule has 0 aromatic rings. The molecular weight excluding hydrogens is 195 g/mol. The van der Waals surface area contributed by atoms with Crippen LogP contribution in [-0.4, -0.2) is 24.4 Å². The molecule has 1 unspecified atom stereocenters. The molecule has 0 spiro atoms. The minimum Gasteiger partial charge on any atom is -0.363 e. The maximum atomic E-state index is 12.2. The number of rotatable bonds is 4. The van der Waals surface area contributed by atoms with Crippen molar-refractivity contribution in [2.75, 3.05) is 6.54 Å². The summed E-state index contributed by atoms with van der Waals surface area (Å²) in [5.74, 6) is 0. The summed E-state index contributed by atoms with van der Waals surface area (Å²) in [5.41, 5.74) is 4.75. The van der Waals surface area contributed by atoms with Gasteiger partial charge in [-0.3, -0.25) is 0 Å². The molecule has 1 rings (SSSR count). The van der Waals surface area contributed by atoms with Crippen LogP contribution >= 0.6 is 0 Å². The summed E-state index contributed by atoms with van der Waals surface area (Å²) in [6, 6.07) is 0. The van der Waals surface area contributed by atoms with Gasteiger partial charge in [-0.05, 0) is 39.2 Å². The van der Waals surface area contributed by atoms with Gasteiger partial charge in [0, 0.05) is 0 Å². The fraction of sp³-hybridized carbons (Fsp3) is 1.00. The Kier molecular flexibility index (Phi) is 3.42. The summed E-state index contributed by atoms with van der Waals surface area (Å²) in [6.45, 7) is 1.43. The number of hydrogen-bond acceptors (Lipinski definition) is 2. The van der Waals surface area contributed by atoms with Crippen molar-refractivity contribution in [3.05, 3.63) is 0 Å². The molecule has 2 nitrogen and oxygen atoms in total. The van der Waals surface area contributed by atoms with Gasteiger partial charge in [0.15, 0.2) is 6.10 Å². The van der Waals surface area contributed by atoms with Crippen molar-refractivity contribution in [1.29, 1.82) is 0 Å². The highest BCUT2D eigenvalue weighted by molar-refractivity contribution is 4.91. The Balaban J connectivity index is 2.48. The first-order valence-corrected chi connectivity index (χ1v) is 4.84. The second-order valence-electron chi connectivity index (χ2n) is 3.88. The zero-order valence-electron chi connectivity index (χ0n) is 8.23. The number of alkyl halides is 3. The van der Waals surface area contributed by atoms with Crippen molar-refractivity contribution >= 4 is 0 Å². The monoisotopic (exact) mass is 211 g/mol. The van der Waals surface area contributed by atoms with Gasteiger partial charge in [-0.25, -0.2) is 0 Å². The minimum absolute atomic E-state index is 0.380. The van der Waals surface area contributed by atoms with E-state index in [1.807, 2.05) is 0 Å². The lowest BCUT2D eigenvalue weighted by Crippen LogP contribution is -2.47. The van der Waals surface area contributed by atoms with Crippen LogP contribution in [-0.2, 0) is 4.74 Å². The fourth-order valence-corrected chi connectivity index (χ4v) is 1.70. The van der Waals surface area contributed by atoms with Crippen LogP contribution in [0.2, 0.25) is 0 Å². The normalized spacial score (nSPS) is 22.9. The SMILES string of the molecule is CC(OC1(CCN)CCC1)C(F)(F)F. The zero-order valence-corrected chi connectivity index (χ0v) is 8.23. The maximum absolute atomic E-state index is 12.2. The van der Waals surface area contributed by atoms with Crippen molar-refractivity contribution in [2.45, 2.75) is 50.5 Å². The Labute approximate surface area is 81.6 Å². The Morgan fingerprint density at radius 1 is 1.43 bits per heavy atom. The quantitative estimate of drug-likeness (QED) is 0.773. The van der Waals surface area contributed by atoms with Crippen LogP contribution in [0.4, 0.5) is 13.2 Å². The summed E-state index contributed by atoms with van der Waals surface area (Å²) in [6.07, 6.45) is -3.10. The van der Waals surface area contributed by atoms with Gasteiger partial charge >= 0.3 is 6.18 Å². The molecule has 1 atom stereocenters. The van der Waals surface area contributed by atoms with Crippen LogP contribution in [0, 0.1) is 0 Å². The molecule has 84 valence electrons. The summed E-state index contributed by atoms with van der Waals surface area (Å²) in [4.78, 5) is 0. The van der Waals surface area contributed by atoms with E-state index in [-0.39, 0.29) is 0 Å². The topological polar surface area (TPSA) is 35.2 Å². The Morgan fingerprint density at radius 2 is 2.00 bits per heavy atom. The molecule has 0 bridgehead atoms. The summed E-state index contributed by atoms with van der Waals surface area (Å²) in [5, 5.41) is 0. The van der Waals surface area contributed by atoms with Crippen LogP contribution in [0.3, 0.4) is 0 Å². The third-order valence-electron chi connectivity index (χ3n) is 2.75. The van der Waals surface area contributed by atoms with Gasteiger partial charge in [0.1, 0.15) is 0 Å². The van der Waals surface area contributed by atoms with Crippen molar-refractivity contribution in [2.24, 2.45) is 5.73 Å². The van der Waals surface area contributed by atoms with Crippen molar-refractivity contribution in [3.63, 3.8) is 0 Å². The van der Waals surface area contributed by atoms with E-state index in [9.17, 15) is 13.2 Å².